The van der Waals surface area contributed by atoms with Crippen molar-refractivity contribution in [3.8, 4) is 5.75 Å². The van der Waals surface area contributed by atoms with Crippen molar-refractivity contribution in [3.05, 3.63) is 24.3 Å². The molecule has 0 fully saturated rings. The van der Waals surface area contributed by atoms with Gasteiger partial charge in [0.25, 0.3) is 0 Å². The SMILES string of the molecule is COc1cccc(N(CCCN)CC(=O)N(C)C(C)C)c1. The quantitative estimate of drug-likeness (QED) is 0.793. The lowest BCUT2D eigenvalue weighted by Crippen LogP contribution is -2.42. The first-order valence-corrected chi connectivity index (χ1v) is 7.34. The first-order valence-electron chi connectivity index (χ1n) is 7.34. The standard InChI is InChI=1S/C16H27N3O2/c1-13(2)18(3)16(20)12-19(10-6-9-17)14-7-5-8-15(11-14)21-4/h5,7-8,11,13H,6,9-10,12,17H2,1-4H3. The number of carbonyl (C=O) groups is 1. The van der Waals surface area contributed by atoms with Crippen molar-refractivity contribution in [2.75, 3.05) is 38.7 Å². The molecule has 0 unspecified atom stereocenters. The monoisotopic (exact) mass is 293 g/mol. The smallest absolute Gasteiger partial charge is 0.242 e. The Kier molecular flexibility index (Phi) is 7.02. The lowest BCUT2D eigenvalue weighted by molar-refractivity contribution is -0.129. The molecule has 0 atom stereocenters. The zero-order valence-electron chi connectivity index (χ0n) is 13.5. The number of methoxy groups -OCH3 is 1. The van der Waals surface area contributed by atoms with E-state index in [1.54, 1.807) is 12.0 Å². The van der Waals surface area contributed by atoms with E-state index in [0.29, 0.717) is 13.1 Å². The maximum absolute atomic E-state index is 12.3. The third kappa shape index (κ3) is 5.27. The van der Waals surface area contributed by atoms with Crippen LogP contribution >= 0.6 is 0 Å². The number of amides is 1. The number of nitrogens with two attached hydrogens (primary N) is 1. The lowest BCUT2D eigenvalue weighted by atomic mass is 10.2. The maximum atomic E-state index is 12.3. The van der Waals surface area contributed by atoms with Crippen LogP contribution in [0.25, 0.3) is 0 Å². The van der Waals surface area contributed by atoms with Gasteiger partial charge in [-0.1, -0.05) is 6.07 Å². The minimum atomic E-state index is 0.102. The fourth-order valence-electron chi connectivity index (χ4n) is 1.95. The molecular formula is C16H27N3O2. The number of likely N-dealkylation sites (N-methyl/N-ethyl adjacent to an activating group) is 1. The van der Waals surface area contributed by atoms with E-state index >= 15 is 0 Å². The number of nitrogens with zero attached hydrogens (tertiary/aromatic N) is 2. The van der Waals surface area contributed by atoms with Gasteiger partial charge in [0.2, 0.25) is 5.91 Å². The molecule has 21 heavy (non-hydrogen) atoms. The van der Waals surface area contributed by atoms with Crippen LogP contribution in [0.1, 0.15) is 20.3 Å². The lowest BCUT2D eigenvalue weighted by Gasteiger charge is -2.28. The van der Waals surface area contributed by atoms with Crippen molar-refractivity contribution >= 4 is 11.6 Å². The minimum absolute atomic E-state index is 0.102. The van der Waals surface area contributed by atoms with Gasteiger partial charge in [-0.25, -0.2) is 0 Å². The van der Waals surface area contributed by atoms with Crippen LogP contribution in [0.4, 0.5) is 5.69 Å². The summed E-state index contributed by atoms with van der Waals surface area (Å²) in [5.41, 5.74) is 6.58. The molecule has 0 radical (unpaired) electrons. The van der Waals surface area contributed by atoms with Crippen LogP contribution in [0.5, 0.6) is 5.75 Å². The highest BCUT2D eigenvalue weighted by Crippen LogP contribution is 2.21. The van der Waals surface area contributed by atoms with E-state index in [9.17, 15) is 4.79 Å². The summed E-state index contributed by atoms with van der Waals surface area (Å²) in [5.74, 6) is 0.889. The fraction of sp³-hybridized carbons (Fsp3) is 0.562. The summed E-state index contributed by atoms with van der Waals surface area (Å²) in [6, 6.07) is 7.95. The second kappa shape index (κ2) is 8.52. The van der Waals surface area contributed by atoms with Crippen LogP contribution in [0.15, 0.2) is 24.3 Å². The number of rotatable bonds is 8. The van der Waals surface area contributed by atoms with Crippen LogP contribution in [0.2, 0.25) is 0 Å². The molecule has 0 heterocycles. The van der Waals surface area contributed by atoms with Crippen LogP contribution in [-0.2, 0) is 4.79 Å². The van der Waals surface area contributed by atoms with E-state index in [1.807, 2.05) is 45.2 Å². The van der Waals surface area contributed by atoms with Gasteiger partial charge in [0.1, 0.15) is 5.75 Å². The molecule has 0 aliphatic rings. The topological polar surface area (TPSA) is 58.8 Å². The van der Waals surface area contributed by atoms with Crippen molar-refractivity contribution in [1.82, 2.24) is 4.90 Å². The fourth-order valence-corrected chi connectivity index (χ4v) is 1.95. The van der Waals surface area contributed by atoms with E-state index in [2.05, 4.69) is 4.90 Å². The van der Waals surface area contributed by atoms with Gasteiger partial charge in [-0.3, -0.25) is 4.79 Å². The van der Waals surface area contributed by atoms with Crippen LogP contribution in [0, 0.1) is 0 Å². The van der Waals surface area contributed by atoms with E-state index in [0.717, 1.165) is 24.4 Å². The Balaban J connectivity index is 2.86. The molecule has 5 heteroatoms. The van der Waals surface area contributed by atoms with Gasteiger partial charge in [-0.05, 0) is 38.9 Å². The van der Waals surface area contributed by atoms with E-state index in [-0.39, 0.29) is 11.9 Å². The summed E-state index contributed by atoms with van der Waals surface area (Å²) in [5, 5.41) is 0. The molecule has 0 aromatic heterocycles. The molecule has 118 valence electrons. The third-order valence-electron chi connectivity index (χ3n) is 3.54. The normalized spacial score (nSPS) is 10.6. The van der Waals surface area contributed by atoms with Crippen LogP contribution in [0.3, 0.4) is 0 Å². The highest BCUT2D eigenvalue weighted by Gasteiger charge is 2.17. The molecule has 1 rings (SSSR count). The minimum Gasteiger partial charge on any atom is -0.497 e. The number of carbonyl (C=O) groups excluding carboxylic acids is 1. The Morgan fingerprint density at radius 1 is 1.38 bits per heavy atom. The van der Waals surface area contributed by atoms with E-state index in [4.69, 9.17) is 10.5 Å². The largest absolute Gasteiger partial charge is 0.497 e. The molecule has 0 bridgehead atoms. The Morgan fingerprint density at radius 2 is 2.10 bits per heavy atom. The van der Waals surface area contributed by atoms with Crippen molar-refractivity contribution in [2.24, 2.45) is 5.73 Å². The van der Waals surface area contributed by atoms with E-state index < -0.39 is 0 Å². The Morgan fingerprint density at radius 3 is 2.67 bits per heavy atom. The molecule has 1 amide bonds. The molecule has 5 nitrogen and oxygen atoms in total. The highest BCUT2D eigenvalue weighted by molar-refractivity contribution is 5.81. The summed E-state index contributed by atoms with van der Waals surface area (Å²) in [7, 11) is 3.47. The number of ether oxygens (including phenoxy) is 1. The Hall–Kier alpha value is -1.75. The van der Waals surface area contributed by atoms with Gasteiger partial charge in [-0.2, -0.15) is 0 Å². The number of benzene rings is 1. The van der Waals surface area contributed by atoms with Crippen molar-refractivity contribution in [2.45, 2.75) is 26.3 Å². The van der Waals surface area contributed by atoms with Gasteiger partial charge in [0.05, 0.1) is 13.7 Å². The van der Waals surface area contributed by atoms with Crippen molar-refractivity contribution in [3.63, 3.8) is 0 Å². The van der Waals surface area contributed by atoms with Gasteiger partial charge in [-0.15, -0.1) is 0 Å². The second-order valence-electron chi connectivity index (χ2n) is 5.36. The van der Waals surface area contributed by atoms with Gasteiger partial charge in [0.15, 0.2) is 0 Å². The molecule has 0 saturated carbocycles. The van der Waals surface area contributed by atoms with Crippen molar-refractivity contribution in [1.29, 1.82) is 0 Å². The molecule has 1 aromatic rings. The summed E-state index contributed by atoms with van der Waals surface area (Å²) in [4.78, 5) is 16.1. The Labute approximate surface area is 127 Å². The Bertz CT molecular complexity index is 449. The summed E-state index contributed by atoms with van der Waals surface area (Å²) in [6.45, 7) is 5.72. The van der Waals surface area contributed by atoms with Gasteiger partial charge >= 0.3 is 0 Å². The predicted molar refractivity (Wildman–Crippen MR) is 86.8 cm³/mol. The molecule has 2 N–H and O–H groups in total. The maximum Gasteiger partial charge on any atom is 0.242 e. The summed E-state index contributed by atoms with van der Waals surface area (Å²) < 4.78 is 5.25. The summed E-state index contributed by atoms with van der Waals surface area (Å²) in [6.07, 6.45) is 0.843. The zero-order valence-corrected chi connectivity index (χ0v) is 13.5. The van der Waals surface area contributed by atoms with Crippen molar-refractivity contribution < 1.29 is 9.53 Å². The number of anilines is 1. The highest BCUT2D eigenvalue weighted by atomic mass is 16.5. The van der Waals surface area contributed by atoms with Crippen LogP contribution < -0.4 is 15.4 Å². The number of hydrogen-bond acceptors (Lipinski definition) is 4. The second-order valence-corrected chi connectivity index (χ2v) is 5.36. The zero-order chi connectivity index (χ0) is 15.8. The molecular weight excluding hydrogens is 266 g/mol. The molecule has 0 aliphatic carbocycles. The van der Waals surface area contributed by atoms with Gasteiger partial charge < -0.3 is 20.3 Å². The molecule has 0 aliphatic heterocycles. The first kappa shape index (κ1) is 17.3. The van der Waals surface area contributed by atoms with Crippen LogP contribution in [-0.4, -0.2) is 50.6 Å². The van der Waals surface area contributed by atoms with E-state index in [1.165, 1.54) is 0 Å². The van der Waals surface area contributed by atoms with Gasteiger partial charge in [0, 0.05) is 31.4 Å². The average Bonchev–Trinajstić information content (AvgIpc) is 2.50. The number of hydrogen-bond donors (Lipinski definition) is 1. The average molecular weight is 293 g/mol. The molecule has 1 aromatic carbocycles. The first-order chi connectivity index (χ1) is 9.99. The third-order valence-corrected chi connectivity index (χ3v) is 3.54. The predicted octanol–water partition coefficient (Wildman–Crippen LogP) is 1.72. The molecule has 0 spiro atoms. The molecule has 0 saturated heterocycles. The summed E-state index contributed by atoms with van der Waals surface area (Å²) >= 11 is 0.